The summed E-state index contributed by atoms with van der Waals surface area (Å²) in [5.41, 5.74) is 0.637. The van der Waals surface area contributed by atoms with Crippen LogP contribution in [0.3, 0.4) is 0 Å². The molecule has 102 valence electrons. The lowest BCUT2D eigenvalue weighted by atomic mass is 10.2. The molecule has 6 nitrogen and oxygen atoms in total. The number of para-hydroxylation sites is 1. The molecule has 2 amide bonds. The number of amides is 2. The Balaban J connectivity index is 2.19. The summed E-state index contributed by atoms with van der Waals surface area (Å²) < 4.78 is 0. The summed E-state index contributed by atoms with van der Waals surface area (Å²) >= 11 is 0. The number of hydrogen-bond donors (Lipinski definition) is 3. The number of carbonyl (C=O) groups excluding carboxylic acids is 2. The van der Waals surface area contributed by atoms with E-state index in [4.69, 9.17) is 5.11 Å². The lowest BCUT2D eigenvalue weighted by molar-refractivity contribution is -0.137. The van der Waals surface area contributed by atoms with Gasteiger partial charge in [0.2, 0.25) is 0 Å². The molecule has 1 rings (SSSR count). The number of ketones is 1. The molecule has 1 aromatic carbocycles. The van der Waals surface area contributed by atoms with Gasteiger partial charge in [-0.25, -0.2) is 4.79 Å². The van der Waals surface area contributed by atoms with E-state index in [0.717, 1.165) is 0 Å². The van der Waals surface area contributed by atoms with Crippen LogP contribution in [0.15, 0.2) is 30.3 Å². The van der Waals surface area contributed by atoms with Gasteiger partial charge in [-0.2, -0.15) is 0 Å². The van der Waals surface area contributed by atoms with Gasteiger partial charge in [-0.3, -0.25) is 9.59 Å². The van der Waals surface area contributed by atoms with E-state index < -0.39 is 12.0 Å². The SMILES string of the molecule is O=C(O)CCCC(=O)CNC(=O)Nc1ccccc1. The van der Waals surface area contributed by atoms with Gasteiger partial charge in [0.25, 0.3) is 0 Å². The highest BCUT2D eigenvalue weighted by Gasteiger charge is 2.06. The highest BCUT2D eigenvalue weighted by molar-refractivity contribution is 5.92. The van der Waals surface area contributed by atoms with Crippen LogP contribution in [-0.4, -0.2) is 29.4 Å². The minimum absolute atomic E-state index is 0.0397. The molecule has 0 fully saturated rings. The van der Waals surface area contributed by atoms with Gasteiger partial charge in [-0.05, 0) is 18.6 Å². The number of hydrogen-bond acceptors (Lipinski definition) is 3. The molecule has 0 unspecified atom stereocenters. The third kappa shape index (κ3) is 6.82. The van der Waals surface area contributed by atoms with Gasteiger partial charge in [0.05, 0.1) is 6.54 Å². The Morgan fingerprint density at radius 2 is 1.74 bits per heavy atom. The lowest BCUT2D eigenvalue weighted by Gasteiger charge is -2.06. The molecule has 0 saturated heterocycles. The Labute approximate surface area is 110 Å². The van der Waals surface area contributed by atoms with E-state index in [1.807, 2.05) is 6.07 Å². The van der Waals surface area contributed by atoms with Crippen LogP contribution in [0.1, 0.15) is 19.3 Å². The maximum Gasteiger partial charge on any atom is 0.319 e. The first-order chi connectivity index (χ1) is 9.08. The third-order valence-corrected chi connectivity index (χ3v) is 2.32. The highest BCUT2D eigenvalue weighted by Crippen LogP contribution is 2.04. The fraction of sp³-hybridized carbons (Fsp3) is 0.308. The molecule has 0 aliphatic rings. The summed E-state index contributed by atoms with van der Waals surface area (Å²) in [7, 11) is 0. The number of carbonyl (C=O) groups is 3. The fourth-order valence-electron chi connectivity index (χ4n) is 1.40. The Morgan fingerprint density at radius 3 is 2.37 bits per heavy atom. The first kappa shape index (κ1) is 14.7. The van der Waals surface area contributed by atoms with Gasteiger partial charge in [0, 0.05) is 18.5 Å². The summed E-state index contributed by atoms with van der Waals surface area (Å²) in [6.45, 7) is -0.0989. The fourth-order valence-corrected chi connectivity index (χ4v) is 1.40. The molecule has 0 spiro atoms. The molecule has 1 aromatic rings. The molecule has 0 heterocycles. The van der Waals surface area contributed by atoms with Crippen LogP contribution in [0.2, 0.25) is 0 Å². The van der Waals surface area contributed by atoms with Gasteiger partial charge >= 0.3 is 12.0 Å². The maximum absolute atomic E-state index is 11.4. The van der Waals surface area contributed by atoms with Crippen molar-refractivity contribution in [3.63, 3.8) is 0 Å². The van der Waals surface area contributed by atoms with E-state index in [9.17, 15) is 14.4 Å². The standard InChI is InChI=1S/C13H16N2O4/c16-11(7-4-8-12(17)18)9-14-13(19)15-10-5-2-1-3-6-10/h1-3,5-6H,4,7-9H2,(H,17,18)(H2,14,15,19). The largest absolute Gasteiger partial charge is 0.481 e. The van der Waals surface area contributed by atoms with Crippen molar-refractivity contribution in [1.82, 2.24) is 5.32 Å². The van der Waals surface area contributed by atoms with Gasteiger partial charge in [-0.15, -0.1) is 0 Å². The Hall–Kier alpha value is -2.37. The van der Waals surface area contributed by atoms with Crippen molar-refractivity contribution in [2.45, 2.75) is 19.3 Å². The number of benzene rings is 1. The van der Waals surface area contributed by atoms with Gasteiger partial charge < -0.3 is 15.7 Å². The topological polar surface area (TPSA) is 95.5 Å². The van der Waals surface area contributed by atoms with E-state index in [1.54, 1.807) is 24.3 Å². The zero-order chi connectivity index (χ0) is 14.1. The minimum atomic E-state index is -0.928. The number of carboxylic acid groups (broad SMARTS) is 1. The van der Waals surface area contributed by atoms with Crippen molar-refractivity contribution < 1.29 is 19.5 Å². The zero-order valence-corrected chi connectivity index (χ0v) is 10.4. The van der Waals surface area contributed by atoms with Crippen molar-refractivity contribution in [1.29, 1.82) is 0 Å². The average molecular weight is 264 g/mol. The van der Waals surface area contributed by atoms with Gasteiger partial charge in [0.15, 0.2) is 5.78 Å². The van der Waals surface area contributed by atoms with E-state index >= 15 is 0 Å². The zero-order valence-electron chi connectivity index (χ0n) is 10.4. The number of urea groups is 1. The molecule has 0 aliphatic carbocycles. The molecule has 0 saturated carbocycles. The number of aliphatic carboxylic acids is 1. The predicted octanol–water partition coefficient (Wildman–Crippen LogP) is 1.63. The number of anilines is 1. The number of carboxylic acids is 1. The van der Waals surface area contributed by atoms with Crippen LogP contribution in [0, 0.1) is 0 Å². The molecular weight excluding hydrogens is 248 g/mol. The highest BCUT2D eigenvalue weighted by atomic mass is 16.4. The smallest absolute Gasteiger partial charge is 0.319 e. The molecule has 3 N–H and O–H groups in total. The monoisotopic (exact) mass is 264 g/mol. The van der Waals surface area contributed by atoms with Crippen molar-refractivity contribution in [2.75, 3.05) is 11.9 Å². The molecule has 6 heteroatoms. The second-order valence-corrected chi connectivity index (χ2v) is 3.96. The molecule has 0 aromatic heterocycles. The summed E-state index contributed by atoms with van der Waals surface area (Å²) in [5.74, 6) is -1.12. The normalized spacial score (nSPS) is 9.68. The molecule has 19 heavy (non-hydrogen) atoms. The number of rotatable bonds is 7. The Morgan fingerprint density at radius 1 is 1.05 bits per heavy atom. The van der Waals surface area contributed by atoms with Crippen LogP contribution >= 0.6 is 0 Å². The number of Topliss-reactive ketones (excluding diaryl/α,β-unsaturated/α-hetero) is 1. The van der Waals surface area contributed by atoms with Crippen LogP contribution in [-0.2, 0) is 9.59 Å². The second-order valence-electron chi connectivity index (χ2n) is 3.96. The lowest BCUT2D eigenvalue weighted by Crippen LogP contribution is -2.33. The third-order valence-electron chi connectivity index (χ3n) is 2.32. The predicted molar refractivity (Wildman–Crippen MR) is 70.0 cm³/mol. The Bertz CT molecular complexity index is 445. The quantitative estimate of drug-likeness (QED) is 0.697. The second kappa shape index (κ2) is 7.86. The minimum Gasteiger partial charge on any atom is -0.481 e. The first-order valence-corrected chi connectivity index (χ1v) is 5.91. The average Bonchev–Trinajstić information content (AvgIpc) is 2.37. The van der Waals surface area contributed by atoms with Crippen LogP contribution in [0.4, 0.5) is 10.5 Å². The van der Waals surface area contributed by atoms with Gasteiger partial charge in [-0.1, -0.05) is 18.2 Å². The maximum atomic E-state index is 11.4. The van der Waals surface area contributed by atoms with Crippen LogP contribution in [0.5, 0.6) is 0 Å². The van der Waals surface area contributed by atoms with Crippen molar-refractivity contribution >= 4 is 23.5 Å². The molecule has 0 bridgehead atoms. The van der Waals surface area contributed by atoms with E-state index in [2.05, 4.69) is 10.6 Å². The summed E-state index contributed by atoms with van der Waals surface area (Å²) in [6, 6.07) is 8.40. The molecule has 0 radical (unpaired) electrons. The van der Waals surface area contributed by atoms with Crippen molar-refractivity contribution in [3.8, 4) is 0 Å². The van der Waals surface area contributed by atoms with Crippen LogP contribution in [0.25, 0.3) is 0 Å². The van der Waals surface area contributed by atoms with Crippen molar-refractivity contribution in [3.05, 3.63) is 30.3 Å². The van der Waals surface area contributed by atoms with E-state index in [0.29, 0.717) is 5.69 Å². The van der Waals surface area contributed by atoms with E-state index in [-0.39, 0.29) is 31.6 Å². The summed E-state index contributed by atoms with van der Waals surface area (Å²) in [6.07, 6.45) is 0.399. The Kier molecular flexibility index (Phi) is 6.08. The molecule has 0 aliphatic heterocycles. The van der Waals surface area contributed by atoms with Gasteiger partial charge in [0.1, 0.15) is 0 Å². The van der Waals surface area contributed by atoms with E-state index in [1.165, 1.54) is 0 Å². The summed E-state index contributed by atoms with van der Waals surface area (Å²) in [5, 5.41) is 13.4. The summed E-state index contributed by atoms with van der Waals surface area (Å²) in [4.78, 5) is 33.0. The number of nitrogens with one attached hydrogen (secondary N) is 2. The molecule has 0 atom stereocenters. The van der Waals surface area contributed by atoms with Crippen LogP contribution < -0.4 is 10.6 Å². The van der Waals surface area contributed by atoms with Crippen molar-refractivity contribution in [2.24, 2.45) is 0 Å². The molecular formula is C13H16N2O4. The first-order valence-electron chi connectivity index (χ1n) is 5.91.